The molecule has 0 radical (unpaired) electrons. The van der Waals surface area contributed by atoms with E-state index in [0.717, 1.165) is 37.7 Å². The predicted octanol–water partition coefficient (Wildman–Crippen LogP) is 2.15. The molecule has 0 bridgehead atoms. The van der Waals surface area contributed by atoms with Gasteiger partial charge in [-0.15, -0.1) is 0 Å². The summed E-state index contributed by atoms with van der Waals surface area (Å²) < 4.78 is 0. The molecule has 1 N–H and O–H groups in total. The first-order chi connectivity index (χ1) is 10.0. The van der Waals surface area contributed by atoms with Crippen molar-refractivity contribution in [1.82, 2.24) is 10.2 Å². The average molecular weight is 310 g/mol. The van der Waals surface area contributed by atoms with Crippen LogP contribution in [0.1, 0.15) is 12.5 Å². The number of hydrogen-bond donors (Lipinski definition) is 1. The molecule has 5 heteroatoms. The van der Waals surface area contributed by atoms with E-state index in [1.807, 2.05) is 37.1 Å². The van der Waals surface area contributed by atoms with Crippen molar-refractivity contribution in [3.8, 4) is 0 Å². The van der Waals surface area contributed by atoms with Crippen LogP contribution in [-0.2, 0) is 4.79 Å². The molecule has 1 aliphatic rings. The van der Waals surface area contributed by atoms with Crippen LogP contribution in [0.4, 0.5) is 5.69 Å². The van der Waals surface area contributed by atoms with E-state index in [-0.39, 0.29) is 11.8 Å². The summed E-state index contributed by atoms with van der Waals surface area (Å²) in [6.07, 6.45) is 0. The van der Waals surface area contributed by atoms with Crippen LogP contribution in [0.3, 0.4) is 0 Å². The van der Waals surface area contributed by atoms with Crippen LogP contribution in [0.2, 0.25) is 5.02 Å². The molecule has 1 heterocycles. The number of carbonyl (C=O) groups is 1. The summed E-state index contributed by atoms with van der Waals surface area (Å²) >= 11 is 6.09. The fourth-order valence-electron chi connectivity index (χ4n) is 2.80. The standard InChI is InChI=1S/C16H24ClN3O/c1-12-4-5-14(17)10-15(12)19-6-8-20(9-7-19)16(21)13(2)11-18-3/h4-5,10,13,18H,6-9,11H2,1-3H3. The number of carbonyl (C=O) groups excluding carboxylic acids is 1. The van der Waals surface area contributed by atoms with Gasteiger partial charge in [0.05, 0.1) is 0 Å². The lowest BCUT2D eigenvalue weighted by Crippen LogP contribution is -2.51. The van der Waals surface area contributed by atoms with E-state index < -0.39 is 0 Å². The van der Waals surface area contributed by atoms with Crippen LogP contribution in [0.5, 0.6) is 0 Å². The van der Waals surface area contributed by atoms with Gasteiger partial charge >= 0.3 is 0 Å². The molecule has 21 heavy (non-hydrogen) atoms. The summed E-state index contributed by atoms with van der Waals surface area (Å²) in [5.41, 5.74) is 2.40. The van der Waals surface area contributed by atoms with Crippen molar-refractivity contribution in [1.29, 1.82) is 0 Å². The highest BCUT2D eigenvalue weighted by atomic mass is 35.5. The molecular formula is C16H24ClN3O. The van der Waals surface area contributed by atoms with Crippen LogP contribution in [-0.4, -0.2) is 50.6 Å². The molecule has 1 aromatic rings. The van der Waals surface area contributed by atoms with Crippen molar-refractivity contribution >= 4 is 23.2 Å². The first-order valence-corrected chi connectivity index (χ1v) is 7.85. The number of benzene rings is 1. The molecule has 1 amide bonds. The Morgan fingerprint density at radius 2 is 2.00 bits per heavy atom. The van der Waals surface area contributed by atoms with Crippen molar-refractivity contribution in [2.75, 3.05) is 44.7 Å². The number of anilines is 1. The van der Waals surface area contributed by atoms with Gasteiger partial charge in [-0.25, -0.2) is 0 Å². The summed E-state index contributed by atoms with van der Waals surface area (Å²) in [6, 6.07) is 5.97. The number of halogens is 1. The molecule has 2 rings (SSSR count). The van der Waals surface area contributed by atoms with Gasteiger partial charge in [-0.1, -0.05) is 24.6 Å². The summed E-state index contributed by atoms with van der Waals surface area (Å²) in [6.45, 7) is 8.08. The maximum atomic E-state index is 12.3. The summed E-state index contributed by atoms with van der Waals surface area (Å²) in [5.74, 6) is 0.279. The van der Waals surface area contributed by atoms with Gasteiger partial charge in [-0.3, -0.25) is 4.79 Å². The van der Waals surface area contributed by atoms with Crippen molar-refractivity contribution in [2.45, 2.75) is 13.8 Å². The van der Waals surface area contributed by atoms with Gasteiger partial charge in [0.1, 0.15) is 0 Å². The molecule has 1 aromatic carbocycles. The normalized spacial score (nSPS) is 17.0. The lowest BCUT2D eigenvalue weighted by molar-refractivity contribution is -0.135. The molecule has 0 spiro atoms. The SMILES string of the molecule is CNCC(C)C(=O)N1CCN(c2cc(Cl)ccc2C)CC1. The Hall–Kier alpha value is -1.26. The smallest absolute Gasteiger partial charge is 0.226 e. The molecule has 1 atom stereocenters. The van der Waals surface area contributed by atoms with Crippen molar-refractivity contribution in [2.24, 2.45) is 5.92 Å². The Bertz CT molecular complexity index is 498. The molecule has 0 saturated carbocycles. The van der Waals surface area contributed by atoms with E-state index in [9.17, 15) is 4.79 Å². The lowest BCUT2D eigenvalue weighted by Gasteiger charge is -2.37. The molecule has 116 valence electrons. The topological polar surface area (TPSA) is 35.6 Å². The summed E-state index contributed by atoms with van der Waals surface area (Å²) in [4.78, 5) is 16.6. The van der Waals surface area contributed by atoms with Gasteiger partial charge in [-0.2, -0.15) is 0 Å². The Morgan fingerprint density at radius 3 is 2.62 bits per heavy atom. The van der Waals surface area contributed by atoms with Crippen molar-refractivity contribution in [3.63, 3.8) is 0 Å². The first kappa shape index (κ1) is 16.1. The number of aryl methyl sites for hydroxylation is 1. The summed E-state index contributed by atoms with van der Waals surface area (Å²) in [7, 11) is 1.88. The number of piperazine rings is 1. The van der Waals surface area contributed by atoms with E-state index in [1.54, 1.807) is 0 Å². The molecule has 1 fully saturated rings. The minimum absolute atomic E-state index is 0.0365. The third-order valence-electron chi connectivity index (χ3n) is 4.04. The molecule has 1 saturated heterocycles. The highest BCUT2D eigenvalue weighted by Gasteiger charge is 2.25. The van der Waals surface area contributed by atoms with Crippen molar-refractivity contribution in [3.05, 3.63) is 28.8 Å². The summed E-state index contributed by atoms with van der Waals surface area (Å²) in [5, 5.41) is 3.82. The fraction of sp³-hybridized carbons (Fsp3) is 0.562. The third-order valence-corrected chi connectivity index (χ3v) is 4.27. The third kappa shape index (κ3) is 3.89. The van der Waals surface area contributed by atoms with Crippen LogP contribution < -0.4 is 10.2 Å². The van der Waals surface area contributed by atoms with Gasteiger partial charge in [-0.05, 0) is 31.7 Å². The first-order valence-electron chi connectivity index (χ1n) is 7.47. The number of hydrogen-bond acceptors (Lipinski definition) is 3. The van der Waals surface area contributed by atoms with E-state index in [1.165, 1.54) is 11.3 Å². The van der Waals surface area contributed by atoms with Gasteiger partial charge in [0.2, 0.25) is 5.91 Å². The number of amides is 1. The Labute approximate surface area is 132 Å². The van der Waals surface area contributed by atoms with Gasteiger partial charge in [0, 0.05) is 49.4 Å². The van der Waals surface area contributed by atoms with E-state index in [4.69, 9.17) is 11.6 Å². The zero-order valence-corrected chi connectivity index (χ0v) is 13.8. The predicted molar refractivity (Wildman–Crippen MR) is 88.1 cm³/mol. The van der Waals surface area contributed by atoms with E-state index >= 15 is 0 Å². The Kier molecular flexibility index (Phi) is 5.48. The van der Waals surface area contributed by atoms with Crippen LogP contribution >= 0.6 is 11.6 Å². The minimum Gasteiger partial charge on any atom is -0.368 e. The van der Waals surface area contributed by atoms with Gasteiger partial charge < -0.3 is 15.1 Å². The molecular weight excluding hydrogens is 286 g/mol. The maximum Gasteiger partial charge on any atom is 0.226 e. The molecule has 4 nitrogen and oxygen atoms in total. The van der Waals surface area contributed by atoms with Crippen LogP contribution in [0, 0.1) is 12.8 Å². The zero-order valence-electron chi connectivity index (χ0n) is 13.0. The molecule has 1 aliphatic heterocycles. The second-order valence-corrected chi connectivity index (χ2v) is 6.14. The van der Waals surface area contributed by atoms with Crippen molar-refractivity contribution < 1.29 is 4.79 Å². The number of nitrogens with zero attached hydrogens (tertiary/aromatic N) is 2. The van der Waals surface area contributed by atoms with Gasteiger partial charge in [0.15, 0.2) is 0 Å². The highest BCUT2D eigenvalue weighted by Crippen LogP contribution is 2.25. The number of nitrogens with one attached hydrogen (secondary N) is 1. The quantitative estimate of drug-likeness (QED) is 0.926. The monoisotopic (exact) mass is 309 g/mol. The van der Waals surface area contributed by atoms with Crippen LogP contribution in [0.15, 0.2) is 18.2 Å². The Morgan fingerprint density at radius 1 is 1.33 bits per heavy atom. The fourth-order valence-corrected chi connectivity index (χ4v) is 2.96. The largest absolute Gasteiger partial charge is 0.368 e. The number of rotatable bonds is 4. The minimum atomic E-state index is 0.0365. The molecule has 0 aromatic heterocycles. The zero-order chi connectivity index (χ0) is 15.4. The molecule has 1 unspecified atom stereocenters. The Balaban J connectivity index is 1.97. The maximum absolute atomic E-state index is 12.3. The van der Waals surface area contributed by atoms with E-state index in [0.29, 0.717) is 0 Å². The van der Waals surface area contributed by atoms with Gasteiger partial charge in [0.25, 0.3) is 0 Å². The van der Waals surface area contributed by atoms with E-state index in [2.05, 4.69) is 17.1 Å². The second kappa shape index (κ2) is 7.14. The second-order valence-electron chi connectivity index (χ2n) is 5.70. The van der Waals surface area contributed by atoms with Crippen LogP contribution in [0.25, 0.3) is 0 Å². The lowest BCUT2D eigenvalue weighted by atomic mass is 10.1. The average Bonchev–Trinajstić information content (AvgIpc) is 2.49. The molecule has 0 aliphatic carbocycles. The highest BCUT2D eigenvalue weighted by molar-refractivity contribution is 6.30.